The zero-order valence-electron chi connectivity index (χ0n) is 11.7. The molecule has 3 heteroatoms. The molecule has 0 aliphatic rings. The lowest BCUT2D eigenvalue weighted by molar-refractivity contribution is 0.280. The summed E-state index contributed by atoms with van der Waals surface area (Å²) in [6, 6.07) is 12.2. The second kappa shape index (κ2) is 5.85. The molecule has 1 aromatic heterocycles. The first-order valence-corrected chi connectivity index (χ1v) is 6.58. The van der Waals surface area contributed by atoms with Gasteiger partial charge >= 0.3 is 0 Å². The summed E-state index contributed by atoms with van der Waals surface area (Å²) in [5.41, 5.74) is 4.17. The van der Waals surface area contributed by atoms with Crippen molar-refractivity contribution in [1.82, 2.24) is 4.98 Å². The van der Waals surface area contributed by atoms with Crippen molar-refractivity contribution >= 4 is 11.5 Å². The first-order chi connectivity index (χ1) is 9.17. The van der Waals surface area contributed by atoms with Crippen molar-refractivity contribution in [2.45, 2.75) is 27.4 Å². The van der Waals surface area contributed by atoms with E-state index in [2.05, 4.69) is 35.9 Å². The number of benzene rings is 1. The number of para-hydroxylation sites is 1. The fourth-order valence-electron chi connectivity index (χ4n) is 2.22. The van der Waals surface area contributed by atoms with Gasteiger partial charge in [0.15, 0.2) is 0 Å². The highest BCUT2D eigenvalue weighted by Crippen LogP contribution is 2.27. The summed E-state index contributed by atoms with van der Waals surface area (Å²) in [7, 11) is 0. The first-order valence-electron chi connectivity index (χ1n) is 6.58. The fraction of sp³-hybridized carbons (Fsp3) is 0.312. The number of pyridine rings is 1. The fourth-order valence-corrected chi connectivity index (χ4v) is 2.22. The van der Waals surface area contributed by atoms with Gasteiger partial charge in [-0.3, -0.25) is 0 Å². The van der Waals surface area contributed by atoms with E-state index in [9.17, 15) is 5.11 Å². The van der Waals surface area contributed by atoms with Crippen LogP contribution in [0.15, 0.2) is 36.4 Å². The van der Waals surface area contributed by atoms with Crippen LogP contribution in [0.25, 0.3) is 0 Å². The Bertz CT molecular complexity index is 566. The number of rotatable bonds is 4. The van der Waals surface area contributed by atoms with E-state index in [1.807, 2.05) is 31.2 Å². The minimum absolute atomic E-state index is 0.0373. The van der Waals surface area contributed by atoms with Gasteiger partial charge in [0.05, 0.1) is 6.61 Å². The maximum atomic E-state index is 9.21. The highest BCUT2D eigenvalue weighted by molar-refractivity contribution is 5.63. The molecule has 0 amide bonds. The van der Waals surface area contributed by atoms with Crippen LogP contribution >= 0.6 is 0 Å². The molecule has 1 N–H and O–H groups in total. The predicted octanol–water partition coefficient (Wildman–Crippen LogP) is 3.35. The molecule has 2 aromatic rings. The van der Waals surface area contributed by atoms with Gasteiger partial charge in [-0.15, -0.1) is 0 Å². The van der Waals surface area contributed by atoms with Crippen molar-refractivity contribution in [2.24, 2.45) is 0 Å². The number of aryl methyl sites for hydroxylation is 2. The van der Waals surface area contributed by atoms with E-state index in [0.29, 0.717) is 0 Å². The third kappa shape index (κ3) is 2.76. The molecule has 0 bridgehead atoms. The van der Waals surface area contributed by atoms with Crippen LogP contribution in [0.1, 0.15) is 23.7 Å². The van der Waals surface area contributed by atoms with Crippen LogP contribution in [0, 0.1) is 13.8 Å². The Morgan fingerprint density at radius 2 is 1.84 bits per heavy atom. The highest BCUT2D eigenvalue weighted by Gasteiger charge is 2.11. The molecule has 0 spiro atoms. The normalized spacial score (nSPS) is 10.5. The molecule has 0 radical (unpaired) electrons. The summed E-state index contributed by atoms with van der Waals surface area (Å²) >= 11 is 0. The monoisotopic (exact) mass is 256 g/mol. The minimum atomic E-state index is 0.0373. The lowest BCUT2D eigenvalue weighted by atomic mass is 10.1. The molecule has 1 heterocycles. The van der Waals surface area contributed by atoms with Gasteiger partial charge in [-0.2, -0.15) is 0 Å². The van der Waals surface area contributed by atoms with Gasteiger partial charge in [-0.1, -0.05) is 24.3 Å². The standard InChI is InChI=1S/C16H20N2O/c1-4-18(15-8-6-5-7-12(15)2)16-10-9-14(11-19)13(3)17-16/h5-10,19H,4,11H2,1-3H3. The molecule has 3 nitrogen and oxygen atoms in total. The van der Waals surface area contributed by atoms with E-state index in [4.69, 9.17) is 0 Å². The summed E-state index contributed by atoms with van der Waals surface area (Å²) in [6.45, 7) is 7.04. The third-order valence-corrected chi connectivity index (χ3v) is 3.35. The Balaban J connectivity index is 2.43. The Labute approximate surface area is 114 Å². The van der Waals surface area contributed by atoms with Crippen molar-refractivity contribution in [3.8, 4) is 0 Å². The maximum absolute atomic E-state index is 9.21. The van der Waals surface area contributed by atoms with Crippen molar-refractivity contribution in [2.75, 3.05) is 11.4 Å². The van der Waals surface area contributed by atoms with Gasteiger partial charge in [0, 0.05) is 17.9 Å². The molecule has 0 aliphatic carbocycles. The van der Waals surface area contributed by atoms with Gasteiger partial charge in [-0.05, 0) is 44.0 Å². The lowest BCUT2D eigenvalue weighted by Gasteiger charge is -2.24. The molecule has 2 rings (SSSR count). The van der Waals surface area contributed by atoms with Crippen LogP contribution in [0.5, 0.6) is 0 Å². The molecule has 0 saturated carbocycles. The Morgan fingerprint density at radius 3 is 2.42 bits per heavy atom. The van der Waals surface area contributed by atoms with Gasteiger partial charge < -0.3 is 10.0 Å². The summed E-state index contributed by atoms with van der Waals surface area (Å²) in [6.07, 6.45) is 0. The van der Waals surface area contributed by atoms with Crippen molar-refractivity contribution in [1.29, 1.82) is 0 Å². The number of aliphatic hydroxyl groups is 1. The second-order valence-electron chi connectivity index (χ2n) is 4.60. The van der Waals surface area contributed by atoms with E-state index in [0.717, 1.165) is 23.6 Å². The Hall–Kier alpha value is -1.87. The van der Waals surface area contributed by atoms with Crippen molar-refractivity contribution < 1.29 is 5.11 Å². The molecule has 1 aromatic carbocycles. The molecular formula is C16H20N2O. The van der Waals surface area contributed by atoms with Crippen molar-refractivity contribution in [3.05, 3.63) is 53.2 Å². The molecule has 0 saturated heterocycles. The van der Waals surface area contributed by atoms with Crippen LogP contribution in [0.4, 0.5) is 11.5 Å². The molecular weight excluding hydrogens is 236 g/mol. The molecule has 0 atom stereocenters. The quantitative estimate of drug-likeness (QED) is 0.911. The molecule has 0 aliphatic heterocycles. The molecule has 19 heavy (non-hydrogen) atoms. The van der Waals surface area contributed by atoms with Gasteiger partial charge in [0.2, 0.25) is 0 Å². The zero-order valence-corrected chi connectivity index (χ0v) is 11.7. The second-order valence-corrected chi connectivity index (χ2v) is 4.60. The topological polar surface area (TPSA) is 36.4 Å². The summed E-state index contributed by atoms with van der Waals surface area (Å²) in [5.74, 6) is 0.923. The largest absolute Gasteiger partial charge is 0.392 e. The summed E-state index contributed by atoms with van der Waals surface area (Å²) in [5, 5.41) is 9.21. The Morgan fingerprint density at radius 1 is 1.11 bits per heavy atom. The summed E-state index contributed by atoms with van der Waals surface area (Å²) < 4.78 is 0. The molecule has 0 fully saturated rings. The van der Waals surface area contributed by atoms with E-state index < -0.39 is 0 Å². The van der Waals surface area contributed by atoms with Crippen LogP contribution in [-0.4, -0.2) is 16.6 Å². The number of anilines is 2. The van der Waals surface area contributed by atoms with Crippen LogP contribution in [0.3, 0.4) is 0 Å². The van der Waals surface area contributed by atoms with Crippen LogP contribution in [0.2, 0.25) is 0 Å². The number of aromatic nitrogens is 1. The number of hydrogen-bond donors (Lipinski definition) is 1. The zero-order chi connectivity index (χ0) is 13.8. The molecule has 100 valence electrons. The van der Waals surface area contributed by atoms with Gasteiger partial charge in [0.25, 0.3) is 0 Å². The highest BCUT2D eigenvalue weighted by atomic mass is 16.3. The molecule has 0 unspecified atom stereocenters. The average molecular weight is 256 g/mol. The predicted molar refractivity (Wildman–Crippen MR) is 78.8 cm³/mol. The SMILES string of the molecule is CCN(c1ccc(CO)c(C)n1)c1ccccc1C. The van der Waals surface area contributed by atoms with Gasteiger partial charge in [0.1, 0.15) is 5.82 Å². The third-order valence-electron chi connectivity index (χ3n) is 3.35. The van der Waals surface area contributed by atoms with Crippen LogP contribution in [-0.2, 0) is 6.61 Å². The first kappa shape index (κ1) is 13.6. The number of hydrogen-bond acceptors (Lipinski definition) is 3. The Kier molecular flexibility index (Phi) is 4.17. The number of nitrogens with zero attached hydrogens (tertiary/aromatic N) is 2. The lowest BCUT2D eigenvalue weighted by Crippen LogP contribution is -2.18. The van der Waals surface area contributed by atoms with E-state index in [1.54, 1.807) is 0 Å². The minimum Gasteiger partial charge on any atom is -0.392 e. The number of aliphatic hydroxyl groups excluding tert-OH is 1. The van der Waals surface area contributed by atoms with Gasteiger partial charge in [-0.25, -0.2) is 4.98 Å². The average Bonchev–Trinajstić information content (AvgIpc) is 2.42. The van der Waals surface area contributed by atoms with E-state index in [1.165, 1.54) is 11.3 Å². The summed E-state index contributed by atoms with van der Waals surface area (Å²) in [4.78, 5) is 6.78. The van der Waals surface area contributed by atoms with Crippen LogP contribution < -0.4 is 4.90 Å². The van der Waals surface area contributed by atoms with E-state index in [-0.39, 0.29) is 6.61 Å². The van der Waals surface area contributed by atoms with Crippen molar-refractivity contribution in [3.63, 3.8) is 0 Å². The maximum Gasteiger partial charge on any atom is 0.133 e. The smallest absolute Gasteiger partial charge is 0.133 e. The van der Waals surface area contributed by atoms with E-state index >= 15 is 0 Å².